The first-order valence-corrected chi connectivity index (χ1v) is 18.0. The van der Waals surface area contributed by atoms with Crippen LogP contribution >= 0.6 is 56.7 Å². The van der Waals surface area contributed by atoms with Gasteiger partial charge in [0.05, 0.1) is 6.67 Å². The molecule has 0 amide bonds. The van der Waals surface area contributed by atoms with Crippen LogP contribution in [0.4, 0.5) is 0 Å². The Morgan fingerprint density at radius 1 is 0.659 bits per heavy atom. The van der Waals surface area contributed by atoms with Gasteiger partial charge in [-0.05, 0) is 89.2 Å². The summed E-state index contributed by atoms with van der Waals surface area (Å²) in [5.41, 5.74) is 4.33. The molecule has 6 aromatic heterocycles. The zero-order chi connectivity index (χ0) is 27.8. The Kier molecular flexibility index (Phi) is 7.75. The molecule has 0 N–H and O–H groups in total. The summed E-state index contributed by atoms with van der Waals surface area (Å²) in [4.78, 5) is 15.8. The van der Waals surface area contributed by atoms with Crippen LogP contribution in [0.5, 0.6) is 0 Å². The zero-order valence-electron chi connectivity index (χ0n) is 23.1. The average molecular weight is 630 g/mol. The van der Waals surface area contributed by atoms with Crippen molar-refractivity contribution in [2.24, 2.45) is 7.05 Å². The first-order valence-electron chi connectivity index (χ1n) is 13.8. The van der Waals surface area contributed by atoms with Crippen molar-refractivity contribution < 1.29 is 0 Å². The molecule has 0 aliphatic carbocycles. The summed E-state index contributed by atoms with van der Waals surface area (Å²) >= 11 is 9.54. The predicted molar refractivity (Wildman–Crippen MR) is 183 cm³/mol. The number of aryl methyl sites for hydroxylation is 3. The fourth-order valence-corrected chi connectivity index (χ4v) is 10.7. The normalized spacial score (nSPS) is 13.2. The molecule has 0 spiro atoms. The van der Waals surface area contributed by atoms with Gasteiger partial charge in [-0.15, -0.1) is 56.7 Å². The van der Waals surface area contributed by atoms with Crippen molar-refractivity contribution in [2.75, 3.05) is 20.3 Å². The zero-order valence-corrected chi connectivity index (χ0v) is 27.2. The van der Waals surface area contributed by atoms with Crippen LogP contribution in [0.25, 0.3) is 39.0 Å². The smallest absolute Gasteiger partial charge is 0.0890 e. The van der Waals surface area contributed by atoms with Gasteiger partial charge in [-0.25, -0.2) is 0 Å². The monoisotopic (exact) mass is 629 g/mol. The van der Waals surface area contributed by atoms with Crippen LogP contribution in [0.3, 0.4) is 0 Å². The van der Waals surface area contributed by atoms with Crippen molar-refractivity contribution in [3.8, 4) is 39.0 Å². The Morgan fingerprint density at radius 2 is 1.32 bits per heavy atom. The highest BCUT2D eigenvalue weighted by Crippen LogP contribution is 2.47. The van der Waals surface area contributed by atoms with E-state index in [1.165, 1.54) is 55.7 Å². The molecule has 0 saturated heterocycles. The quantitative estimate of drug-likeness (QED) is 0.149. The minimum atomic E-state index is 0.969. The maximum Gasteiger partial charge on any atom is 0.0890 e. The summed E-state index contributed by atoms with van der Waals surface area (Å²) in [6, 6.07) is 20.7. The van der Waals surface area contributed by atoms with E-state index in [-0.39, 0.29) is 0 Å². The van der Waals surface area contributed by atoms with Crippen LogP contribution in [-0.2, 0) is 26.3 Å². The summed E-state index contributed by atoms with van der Waals surface area (Å²) in [6.45, 7) is 2.00. The molecular formula is C33H31N3S5. The second kappa shape index (κ2) is 11.8. The van der Waals surface area contributed by atoms with Crippen LogP contribution in [0.15, 0.2) is 90.2 Å². The number of hydrogen-bond donors (Lipinski definition) is 0. The van der Waals surface area contributed by atoms with Crippen LogP contribution in [0.1, 0.15) is 16.7 Å². The van der Waals surface area contributed by atoms with Crippen molar-refractivity contribution in [1.82, 2.24) is 14.4 Å². The fourth-order valence-electron chi connectivity index (χ4n) is 5.29. The molecule has 0 radical (unpaired) electrons. The molecule has 8 heteroatoms. The fraction of sp³-hybridized carbons (Fsp3) is 0.212. The van der Waals surface area contributed by atoms with E-state index in [2.05, 4.69) is 119 Å². The van der Waals surface area contributed by atoms with E-state index in [1.807, 2.05) is 56.7 Å². The predicted octanol–water partition coefficient (Wildman–Crippen LogP) is 10.0. The summed E-state index contributed by atoms with van der Waals surface area (Å²) in [5.74, 6) is 0. The summed E-state index contributed by atoms with van der Waals surface area (Å²) in [7, 11) is 4.24. The number of rotatable bonds is 10. The molecule has 0 saturated carbocycles. The van der Waals surface area contributed by atoms with Gasteiger partial charge < -0.3 is 14.4 Å². The minimum Gasteiger partial charge on any atom is -0.362 e. The van der Waals surface area contributed by atoms with Crippen molar-refractivity contribution in [1.29, 1.82) is 0 Å². The lowest BCUT2D eigenvalue weighted by atomic mass is 10.1. The summed E-state index contributed by atoms with van der Waals surface area (Å²) < 4.78 is 2.15. The molecule has 6 aromatic rings. The van der Waals surface area contributed by atoms with Crippen LogP contribution in [-0.4, -0.2) is 34.6 Å². The molecule has 0 unspecified atom stereocenters. The van der Waals surface area contributed by atoms with Crippen LogP contribution in [0, 0.1) is 0 Å². The molecule has 208 valence electrons. The molecule has 1 aliphatic rings. The number of thiophene rings is 5. The molecule has 1 aliphatic heterocycles. The van der Waals surface area contributed by atoms with E-state index in [0.717, 1.165) is 32.5 Å². The van der Waals surface area contributed by atoms with Crippen LogP contribution in [0.2, 0.25) is 0 Å². The first kappa shape index (κ1) is 27.0. The molecule has 7 rings (SSSR count). The third-order valence-corrected chi connectivity index (χ3v) is 13.3. The third-order valence-electron chi connectivity index (χ3n) is 7.38. The Labute approximate surface area is 261 Å². The van der Waals surface area contributed by atoms with Gasteiger partial charge >= 0.3 is 0 Å². The SMILES string of the molecule is CN1C=CN(CCc2cc(-c3cccs3)sc2-c2ccc(-c3sc(-c4cccs4)cc3CCc3ccn(C)c3)s2)C1. The average Bonchev–Trinajstić information content (AvgIpc) is 3.80. The summed E-state index contributed by atoms with van der Waals surface area (Å²) in [5, 5.41) is 4.36. The minimum absolute atomic E-state index is 0.969. The van der Waals surface area contributed by atoms with Crippen molar-refractivity contribution in [3.63, 3.8) is 0 Å². The maximum absolute atomic E-state index is 2.44. The highest BCUT2D eigenvalue weighted by Gasteiger charge is 2.20. The molecular weight excluding hydrogens is 599 g/mol. The molecule has 41 heavy (non-hydrogen) atoms. The largest absolute Gasteiger partial charge is 0.362 e. The van der Waals surface area contributed by atoms with Gasteiger partial charge in [-0.2, -0.15) is 0 Å². The molecule has 0 bridgehead atoms. The molecule has 0 aromatic carbocycles. The molecule has 3 nitrogen and oxygen atoms in total. The van der Waals surface area contributed by atoms with Gasteiger partial charge in [-0.1, -0.05) is 12.1 Å². The topological polar surface area (TPSA) is 11.4 Å². The number of aromatic nitrogens is 1. The van der Waals surface area contributed by atoms with Crippen molar-refractivity contribution in [2.45, 2.75) is 19.3 Å². The third kappa shape index (κ3) is 5.90. The first-order chi connectivity index (χ1) is 20.1. The van der Waals surface area contributed by atoms with Gasteiger partial charge in [0.15, 0.2) is 0 Å². The standard InChI is InChI=1S/C33H31N3S5/c1-34-13-11-23(21-34)7-8-24-19-30(26-5-3-17-37-26)40-32(24)28-9-10-29(39-28)33-25(12-14-36-16-15-35(2)22-36)20-31(41-33)27-6-4-18-38-27/h3-6,9-11,13,15-21H,7-8,12,14,22H2,1-2H3. The Hall–Kier alpha value is -2.88. The van der Waals surface area contributed by atoms with Gasteiger partial charge in [-0.3, -0.25) is 0 Å². The van der Waals surface area contributed by atoms with Gasteiger partial charge in [0.1, 0.15) is 0 Å². The van der Waals surface area contributed by atoms with E-state index in [4.69, 9.17) is 0 Å². The molecule has 0 fully saturated rings. The highest BCUT2D eigenvalue weighted by molar-refractivity contribution is 7.29. The van der Waals surface area contributed by atoms with Crippen LogP contribution < -0.4 is 0 Å². The van der Waals surface area contributed by atoms with Gasteiger partial charge in [0.2, 0.25) is 0 Å². The maximum atomic E-state index is 2.44. The van der Waals surface area contributed by atoms with Crippen molar-refractivity contribution >= 4 is 56.7 Å². The highest BCUT2D eigenvalue weighted by atomic mass is 32.1. The Bertz CT molecular complexity index is 1760. The second-order valence-corrected chi connectivity index (χ2v) is 15.6. The number of nitrogens with zero attached hydrogens (tertiary/aromatic N) is 3. The van der Waals surface area contributed by atoms with Gasteiger partial charge in [0, 0.05) is 84.5 Å². The Morgan fingerprint density at radius 3 is 1.85 bits per heavy atom. The number of hydrogen-bond acceptors (Lipinski definition) is 7. The molecule has 7 heterocycles. The molecule has 0 atom stereocenters. The van der Waals surface area contributed by atoms with Gasteiger partial charge in [0.25, 0.3) is 0 Å². The summed E-state index contributed by atoms with van der Waals surface area (Å²) in [6.07, 6.45) is 11.9. The van der Waals surface area contributed by atoms with E-state index in [1.54, 1.807) is 0 Å². The van der Waals surface area contributed by atoms with E-state index in [9.17, 15) is 0 Å². The lowest BCUT2D eigenvalue weighted by Gasteiger charge is -2.17. The van der Waals surface area contributed by atoms with E-state index < -0.39 is 0 Å². The lowest BCUT2D eigenvalue weighted by Crippen LogP contribution is -2.24. The second-order valence-electron chi connectivity index (χ2n) is 10.5. The van der Waals surface area contributed by atoms with E-state index in [0.29, 0.717) is 0 Å². The Balaban J connectivity index is 1.21. The lowest BCUT2D eigenvalue weighted by molar-refractivity contribution is 0.299. The van der Waals surface area contributed by atoms with Crippen molar-refractivity contribution in [3.05, 3.63) is 107 Å². The van der Waals surface area contributed by atoms with E-state index >= 15 is 0 Å².